The largest absolute Gasteiger partial charge is 0.459 e. The summed E-state index contributed by atoms with van der Waals surface area (Å²) in [7, 11) is -4.33. The summed E-state index contributed by atoms with van der Waals surface area (Å²) in [6.07, 6.45) is -1.40. The highest BCUT2D eigenvalue weighted by Gasteiger charge is 2.40. The molecule has 220 valence electrons. The van der Waals surface area contributed by atoms with E-state index in [1.807, 2.05) is 60.7 Å². The molecule has 9 nitrogen and oxygen atoms in total. The summed E-state index contributed by atoms with van der Waals surface area (Å²) in [5.41, 5.74) is 1.70. The van der Waals surface area contributed by atoms with E-state index in [-0.39, 0.29) is 24.5 Å². The lowest BCUT2D eigenvalue weighted by Crippen LogP contribution is -2.49. The molecule has 0 aliphatic heterocycles. The van der Waals surface area contributed by atoms with Gasteiger partial charge in [0.1, 0.15) is 12.2 Å². The highest BCUT2D eigenvalue weighted by molar-refractivity contribution is 7.89. The van der Waals surface area contributed by atoms with Gasteiger partial charge in [0.25, 0.3) is 10.0 Å². The first-order valence-electron chi connectivity index (χ1n) is 13.4. The van der Waals surface area contributed by atoms with Crippen molar-refractivity contribution in [2.75, 3.05) is 6.54 Å². The van der Waals surface area contributed by atoms with Crippen LogP contribution < -0.4 is 5.32 Å². The maximum absolute atomic E-state index is 13.9. The van der Waals surface area contributed by atoms with Gasteiger partial charge >= 0.3 is 12.1 Å². The Morgan fingerprint density at radius 1 is 0.854 bits per heavy atom. The van der Waals surface area contributed by atoms with E-state index in [1.165, 1.54) is 12.1 Å². The average Bonchev–Trinajstić information content (AvgIpc) is 2.93. The van der Waals surface area contributed by atoms with Crippen LogP contribution in [0.3, 0.4) is 0 Å². The number of benzene rings is 3. The summed E-state index contributed by atoms with van der Waals surface area (Å²) >= 11 is 0. The lowest BCUT2D eigenvalue weighted by molar-refractivity contribution is -0.186. The van der Waals surface area contributed by atoms with Crippen LogP contribution in [-0.2, 0) is 35.7 Å². The van der Waals surface area contributed by atoms with Gasteiger partial charge < -0.3 is 14.8 Å². The second-order valence-corrected chi connectivity index (χ2v) is 12.4. The third-order valence-corrected chi connectivity index (χ3v) is 7.33. The Morgan fingerprint density at radius 2 is 1.41 bits per heavy atom. The predicted octanol–water partition coefficient (Wildman–Crippen LogP) is 5.71. The number of esters is 1. The fourth-order valence-corrected chi connectivity index (χ4v) is 5.32. The molecule has 3 aromatic rings. The minimum absolute atomic E-state index is 0.0541. The molecule has 0 aliphatic rings. The fourth-order valence-electron chi connectivity index (χ4n) is 3.82. The first-order chi connectivity index (χ1) is 19.4. The molecule has 0 aliphatic carbocycles. The second kappa shape index (κ2) is 14.2. The zero-order valence-corrected chi connectivity index (χ0v) is 24.9. The third-order valence-electron chi connectivity index (χ3n) is 5.64. The van der Waals surface area contributed by atoms with Crippen molar-refractivity contribution in [3.63, 3.8) is 0 Å². The van der Waals surface area contributed by atoms with Gasteiger partial charge in [-0.2, -0.15) is 0 Å². The number of nitrogens with one attached hydrogen (secondary N) is 1. The molecule has 0 fully saturated rings. The van der Waals surface area contributed by atoms with E-state index in [2.05, 4.69) is 5.32 Å². The molecule has 0 spiro atoms. The molecule has 0 radical (unpaired) electrons. The first-order valence-corrected chi connectivity index (χ1v) is 14.8. The van der Waals surface area contributed by atoms with Crippen LogP contribution in [0, 0.1) is 0 Å². The zero-order chi connectivity index (χ0) is 30.0. The zero-order valence-electron chi connectivity index (χ0n) is 24.1. The molecule has 10 heteroatoms. The van der Waals surface area contributed by atoms with Crippen molar-refractivity contribution >= 4 is 22.1 Å². The molecule has 3 aromatic carbocycles. The van der Waals surface area contributed by atoms with Crippen molar-refractivity contribution in [3.05, 3.63) is 90.5 Å². The molecular formula is C31H38N2O7S. The standard InChI is InChI=1S/C31H38N2O7S/c1-23(2)40-33(41(36,37)27-18-16-26(17-19-27)25-14-10-7-11-15-25)28(29(34)39-31(3,4)5)20-21-32-30(35)38-22-24-12-8-6-9-13-24/h6-19,23,28H,20-22H2,1-5H3,(H,32,35)/t28-/m1/s1. The van der Waals surface area contributed by atoms with Crippen LogP contribution in [0.5, 0.6) is 0 Å². The van der Waals surface area contributed by atoms with Gasteiger partial charge in [-0.05, 0) is 69.9 Å². The molecule has 41 heavy (non-hydrogen) atoms. The van der Waals surface area contributed by atoms with E-state index in [9.17, 15) is 18.0 Å². The SMILES string of the molecule is CC(C)ON([C@H](CCNC(=O)OCc1ccccc1)C(=O)OC(C)(C)C)S(=O)(=O)c1ccc(-c2ccccc2)cc1. The molecule has 0 saturated carbocycles. The van der Waals surface area contributed by atoms with E-state index in [0.717, 1.165) is 16.7 Å². The Morgan fingerprint density at radius 3 is 1.98 bits per heavy atom. The minimum atomic E-state index is -4.33. The van der Waals surface area contributed by atoms with Gasteiger partial charge in [-0.3, -0.25) is 9.63 Å². The molecule has 0 aromatic heterocycles. The van der Waals surface area contributed by atoms with Crippen LogP contribution >= 0.6 is 0 Å². The van der Waals surface area contributed by atoms with Gasteiger partial charge in [0.2, 0.25) is 0 Å². The molecule has 0 saturated heterocycles. The molecule has 1 amide bonds. The molecule has 0 unspecified atom stereocenters. The summed E-state index contributed by atoms with van der Waals surface area (Å²) in [5, 5.41) is 2.58. The second-order valence-electron chi connectivity index (χ2n) is 10.6. The van der Waals surface area contributed by atoms with Crippen molar-refractivity contribution in [2.45, 2.75) is 70.3 Å². The van der Waals surface area contributed by atoms with Crippen LogP contribution in [0.15, 0.2) is 89.8 Å². The molecule has 1 N–H and O–H groups in total. The minimum Gasteiger partial charge on any atom is -0.459 e. The highest BCUT2D eigenvalue weighted by Crippen LogP contribution is 2.26. The van der Waals surface area contributed by atoms with Gasteiger partial charge in [-0.1, -0.05) is 77.3 Å². The Labute approximate surface area is 242 Å². The predicted molar refractivity (Wildman–Crippen MR) is 156 cm³/mol. The number of carbonyl (C=O) groups is 2. The Balaban J connectivity index is 1.82. The van der Waals surface area contributed by atoms with E-state index >= 15 is 0 Å². The van der Waals surface area contributed by atoms with Crippen molar-refractivity contribution < 1.29 is 32.3 Å². The number of rotatable bonds is 12. The van der Waals surface area contributed by atoms with Crippen LogP contribution in [0.4, 0.5) is 4.79 Å². The quantitative estimate of drug-likeness (QED) is 0.215. The summed E-state index contributed by atoms with van der Waals surface area (Å²) in [4.78, 5) is 31.3. The molecule has 1 atom stereocenters. The summed E-state index contributed by atoms with van der Waals surface area (Å²) in [6.45, 7) is 8.37. The lowest BCUT2D eigenvalue weighted by Gasteiger charge is -2.32. The molecule has 0 bridgehead atoms. The first kappa shape index (κ1) is 31.8. The molecule has 0 heterocycles. The fraction of sp³-hybridized carbons (Fsp3) is 0.355. The van der Waals surface area contributed by atoms with Gasteiger partial charge in [0.05, 0.1) is 11.0 Å². The number of alkyl carbamates (subject to hydrolysis) is 1. The number of hydrogen-bond donors (Lipinski definition) is 1. The Bertz CT molecular complexity index is 1370. The van der Waals surface area contributed by atoms with E-state index in [1.54, 1.807) is 46.8 Å². The van der Waals surface area contributed by atoms with Crippen LogP contribution in [0.25, 0.3) is 11.1 Å². The Hall–Kier alpha value is -3.73. The summed E-state index contributed by atoms with van der Waals surface area (Å²) < 4.78 is 39.2. The van der Waals surface area contributed by atoms with Crippen LogP contribution in [0.2, 0.25) is 0 Å². The number of sulfonamides is 1. The van der Waals surface area contributed by atoms with Crippen LogP contribution in [0.1, 0.15) is 46.6 Å². The van der Waals surface area contributed by atoms with Crippen molar-refractivity contribution in [2.24, 2.45) is 0 Å². The topological polar surface area (TPSA) is 111 Å². The molecular weight excluding hydrogens is 544 g/mol. The highest BCUT2D eigenvalue weighted by atomic mass is 32.2. The monoisotopic (exact) mass is 582 g/mol. The van der Waals surface area contributed by atoms with Crippen LogP contribution in [-0.4, -0.2) is 49.2 Å². The normalized spacial score (nSPS) is 12.7. The lowest BCUT2D eigenvalue weighted by atomic mass is 10.1. The van der Waals surface area contributed by atoms with Gasteiger partial charge in [-0.25, -0.2) is 13.2 Å². The number of nitrogens with zero attached hydrogens (tertiary/aromatic N) is 1. The maximum Gasteiger partial charge on any atom is 0.407 e. The number of hydrogen-bond acceptors (Lipinski definition) is 7. The number of hydroxylamine groups is 1. The number of ether oxygens (including phenoxy) is 2. The van der Waals surface area contributed by atoms with Crippen molar-refractivity contribution in [1.29, 1.82) is 0 Å². The average molecular weight is 583 g/mol. The van der Waals surface area contributed by atoms with Gasteiger partial charge in [0, 0.05) is 6.54 Å². The van der Waals surface area contributed by atoms with E-state index < -0.39 is 39.8 Å². The van der Waals surface area contributed by atoms with Crippen molar-refractivity contribution in [1.82, 2.24) is 9.79 Å². The van der Waals surface area contributed by atoms with Gasteiger partial charge in [0.15, 0.2) is 6.04 Å². The Kier molecular flexibility index (Phi) is 11.0. The summed E-state index contributed by atoms with van der Waals surface area (Å²) in [6, 6.07) is 23.7. The third kappa shape index (κ3) is 9.70. The van der Waals surface area contributed by atoms with Gasteiger partial charge in [-0.15, -0.1) is 0 Å². The number of amides is 1. The number of carbonyl (C=O) groups excluding carboxylic acids is 2. The van der Waals surface area contributed by atoms with Crippen molar-refractivity contribution in [3.8, 4) is 11.1 Å². The maximum atomic E-state index is 13.9. The molecule has 3 rings (SSSR count). The van der Waals surface area contributed by atoms with E-state index in [4.69, 9.17) is 14.3 Å². The smallest absolute Gasteiger partial charge is 0.407 e. The van der Waals surface area contributed by atoms with E-state index in [0.29, 0.717) is 4.47 Å². The summed E-state index contributed by atoms with van der Waals surface area (Å²) in [5.74, 6) is -0.804.